The van der Waals surface area contributed by atoms with Gasteiger partial charge in [0.05, 0.1) is 4.47 Å². The van der Waals surface area contributed by atoms with Gasteiger partial charge < -0.3 is 5.11 Å². The standard InChI is InChI=1S/C12H15BrO/c1-12(6-2-3-7-12)9-4-5-11(14)10(13)8-9/h4-5,8,14H,2-3,6-7H2,1H3. The molecular weight excluding hydrogens is 240 g/mol. The van der Waals surface area contributed by atoms with E-state index in [-0.39, 0.29) is 0 Å². The first kappa shape index (κ1) is 10.0. The third-order valence-corrected chi connectivity index (χ3v) is 3.99. The maximum atomic E-state index is 9.42. The van der Waals surface area contributed by atoms with Crippen LogP contribution in [0.2, 0.25) is 0 Å². The molecule has 1 aromatic rings. The topological polar surface area (TPSA) is 20.2 Å². The third-order valence-electron chi connectivity index (χ3n) is 3.35. The van der Waals surface area contributed by atoms with E-state index in [1.54, 1.807) is 6.07 Å². The predicted molar refractivity (Wildman–Crippen MR) is 61.6 cm³/mol. The molecule has 1 N–H and O–H groups in total. The highest BCUT2D eigenvalue weighted by molar-refractivity contribution is 9.10. The summed E-state index contributed by atoms with van der Waals surface area (Å²) in [5, 5.41) is 9.42. The summed E-state index contributed by atoms with van der Waals surface area (Å²) in [4.78, 5) is 0. The van der Waals surface area contributed by atoms with E-state index < -0.39 is 0 Å². The fourth-order valence-corrected chi connectivity index (χ4v) is 2.71. The molecule has 1 fully saturated rings. The van der Waals surface area contributed by atoms with E-state index in [4.69, 9.17) is 0 Å². The number of phenols is 1. The van der Waals surface area contributed by atoms with Crippen molar-refractivity contribution in [2.75, 3.05) is 0 Å². The number of benzene rings is 1. The van der Waals surface area contributed by atoms with Gasteiger partial charge in [0.15, 0.2) is 0 Å². The summed E-state index contributed by atoms with van der Waals surface area (Å²) in [5.74, 6) is 0.329. The molecule has 0 bridgehead atoms. The Morgan fingerprint density at radius 2 is 1.93 bits per heavy atom. The van der Waals surface area contributed by atoms with Gasteiger partial charge in [0.25, 0.3) is 0 Å². The van der Waals surface area contributed by atoms with Crippen LogP contribution in [0.25, 0.3) is 0 Å². The lowest BCUT2D eigenvalue weighted by Gasteiger charge is -2.24. The van der Waals surface area contributed by atoms with Crippen LogP contribution in [0.15, 0.2) is 22.7 Å². The van der Waals surface area contributed by atoms with Gasteiger partial charge in [-0.3, -0.25) is 0 Å². The van der Waals surface area contributed by atoms with Crippen molar-refractivity contribution < 1.29 is 5.11 Å². The number of aromatic hydroxyl groups is 1. The zero-order chi connectivity index (χ0) is 10.2. The van der Waals surface area contributed by atoms with E-state index in [0.717, 1.165) is 4.47 Å². The van der Waals surface area contributed by atoms with Crippen LogP contribution in [0.5, 0.6) is 5.75 Å². The first-order chi connectivity index (χ1) is 6.62. The smallest absolute Gasteiger partial charge is 0.129 e. The van der Waals surface area contributed by atoms with Crippen LogP contribution in [-0.4, -0.2) is 5.11 Å². The Morgan fingerprint density at radius 3 is 2.50 bits per heavy atom. The van der Waals surface area contributed by atoms with E-state index in [9.17, 15) is 5.11 Å². The number of rotatable bonds is 1. The fourth-order valence-electron chi connectivity index (χ4n) is 2.33. The van der Waals surface area contributed by atoms with Gasteiger partial charge in [0, 0.05) is 0 Å². The lowest BCUT2D eigenvalue weighted by Crippen LogP contribution is -2.16. The van der Waals surface area contributed by atoms with E-state index in [0.29, 0.717) is 11.2 Å². The molecule has 0 amide bonds. The molecule has 0 heterocycles. The third kappa shape index (κ3) is 1.68. The molecule has 1 aliphatic rings. The Bertz CT molecular complexity index is 340. The number of phenolic OH excluding ortho intramolecular Hbond substituents is 1. The lowest BCUT2D eigenvalue weighted by atomic mass is 9.81. The van der Waals surface area contributed by atoms with Gasteiger partial charge in [0.1, 0.15) is 5.75 Å². The van der Waals surface area contributed by atoms with Crippen molar-refractivity contribution in [1.29, 1.82) is 0 Å². The Hall–Kier alpha value is -0.500. The summed E-state index contributed by atoms with van der Waals surface area (Å²) in [6.45, 7) is 2.32. The maximum Gasteiger partial charge on any atom is 0.129 e. The largest absolute Gasteiger partial charge is 0.507 e. The maximum absolute atomic E-state index is 9.42. The minimum Gasteiger partial charge on any atom is -0.507 e. The molecule has 1 saturated carbocycles. The molecule has 0 radical (unpaired) electrons. The van der Waals surface area contributed by atoms with Crippen molar-refractivity contribution in [1.82, 2.24) is 0 Å². The monoisotopic (exact) mass is 254 g/mol. The van der Waals surface area contributed by atoms with Crippen LogP contribution in [0.3, 0.4) is 0 Å². The number of halogens is 1. The van der Waals surface area contributed by atoms with Crippen molar-refractivity contribution >= 4 is 15.9 Å². The average Bonchev–Trinajstić information content (AvgIpc) is 2.58. The molecular formula is C12H15BrO. The predicted octanol–water partition coefficient (Wildman–Crippen LogP) is 3.99. The van der Waals surface area contributed by atoms with Crippen LogP contribution < -0.4 is 0 Å². The molecule has 0 saturated heterocycles. The van der Waals surface area contributed by atoms with Crippen LogP contribution >= 0.6 is 15.9 Å². The minimum absolute atomic E-state index is 0.329. The van der Waals surface area contributed by atoms with E-state index >= 15 is 0 Å². The molecule has 2 heteroatoms. The van der Waals surface area contributed by atoms with Crippen LogP contribution in [-0.2, 0) is 5.41 Å². The molecule has 0 spiro atoms. The van der Waals surface area contributed by atoms with Crippen LogP contribution in [0.4, 0.5) is 0 Å². The Balaban J connectivity index is 2.36. The number of hydrogen-bond acceptors (Lipinski definition) is 1. The summed E-state index contributed by atoms with van der Waals surface area (Å²) >= 11 is 3.37. The SMILES string of the molecule is CC1(c2ccc(O)c(Br)c2)CCCC1. The summed E-state index contributed by atoms with van der Waals surface area (Å²) in [5.41, 5.74) is 1.68. The second kappa shape index (κ2) is 3.58. The Kier molecular flexibility index (Phi) is 2.56. The van der Waals surface area contributed by atoms with Gasteiger partial charge in [-0.05, 0) is 51.9 Å². The number of hydrogen-bond donors (Lipinski definition) is 1. The average molecular weight is 255 g/mol. The molecule has 2 rings (SSSR count). The van der Waals surface area contributed by atoms with E-state index in [1.807, 2.05) is 6.07 Å². The van der Waals surface area contributed by atoms with Gasteiger partial charge in [0.2, 0.25) is 0 Å². The van der Waals surface area contributed by atoms with Gasteiger partial charge in [-0.2, -0.15) is 0 Å². The summed E-state index contributed by atoms with van der Waals surface area (Å²) < 4.78 is 0.808. The molecule has 14 heavy (non-hydrogen) atoms. The highest BCUT2D eigenvalue weighted by Gasteiger charge is 2.30. The molecule has 0 unspecified atom stereocenters. The van der Waals surface area contributed by atoms with Gasteiger partial charge in [-0.25, -0.2) is 0 Å². The Morgan fingerprint density at radius 1 is 1.29 bits per heavy atom. The van der Waals surface area contributed by atoms with Gasteiger partial charge in [-0.15, -0.1) is 0 Å². The first-order valence-corrected chi connectivity index (χ1v) is 5.90. The van der Waals surface area contributed by atoms with Crippen molar-refractivity contribution in [2.24, 2.45) is 0 Å². The molecule has 1 aliphatic carbocycles. The molecule has 0 aliphatic heterocycles. The van der Waals surface area contributed by atoms with Crippen molar-refractivity contribution in [2.45, 2.75) is 38.0 Å². The summed E-state index contributed by atoms with van der Waals surface area (Å²) in [6, 6.07) is 5.88. The second-order valence-electron chi connectivity index (χ2n) is 4.43. The summed E-state index contributed by atoms with van der Waals surface area (Å²) in [6.07, 6.45) is 5.19. The van der Waals surface area contributed by atoms with Crippen LogP contribution in [0.1, 0.15) is 38.2 Å². The first-order valence-electron chi connectivity index (χ1n) is 5.11. The van der Waals surface area contributed by atoms with E-state index in [2.05, 4.69) is 28.9 Å². The van der Waals surface area contributed by atoms with Crippen molar-refractivity contribution in [3.05, 3.63) is 28.2 Å². The molecule has 76 valence electrons. The quantitative estimate of drug-likeness (QED) is 0.804. The van der Waals surface area contributed by atoms with E-state index in [1.165, 1.54) is 31.2 Å². The molecule has 0 aromatic heterocycles. The minimum atomic E-state index is 0.329. The highest BCUT2D eigenvalue weighted by atomic mass is 79.9. The molecule has 0 atom stereocenters. The zero-order valence-electron chi connectivity index (χ0n) is 8.39. The summed E-state index contributed by atoms with van der Waals surface area (Å²) in [7, 11) is 0. The van der Waals surface area contributed by atoms with Crippen molar-refractivity contribution in [3.8, 4) is 5.75 Å². The fraction of sp³-hybridized carbons (Fsp3) is 0.500. The normalized spacial score (nSPS) is 19.9. The van der Waals surface area contributed by atoms with Crippen molar-refractivity contribution in [3.63, 3.8) is 0 Å². The second-order valence-corrected chi connectivity index (χ2v) is 5.29. The highest BCUT2D eigenvalue weighted by Crippen LogP contribution is 2.42. The molecule has 1 aromatic carbocycles. The molecule has 1 nitrogen and oxygen atoms in total. The van der Waals surface area contributed by atoms with Gasteiger partial charge >= 0.3 is 0 Å². The van der Waals surface area contributed by atoms with Gasteiger partial charge in [-0.1, -0.05) is 25.8 Å². The zero-order valence-corrected chi connectivity index (χ0v) is 9.97. The lowest BCUT2D eigenvalue weighted by molar-refractivity contribution is 0.465. The Labute approximate surface area is 93.3 Å². The van der Waals surface area contributed by atoms with Crippen LogP contribution in [0, 0.1) is 0 Å².